The Morgan fingerprint density at radius 2 is 1.38 bits per heavy atom. The zero-order valence-electron chi connectivity index (χ0n) is 11.8. The maximum Gasteiger partial charge on any atom is 0.0856 e. The van der Waals surface area contributed by atoms with Crippen LogP contribution in [0.3, 0.4) is 0 Å². The van der Waals surface area contributed by atoms with Gasteiger partial charge in [-0.1, -0.05) is 36.4 Å². The van der Waals surface area contributed by atoms with Crippen molar-refractivity contribution in [2.45, 2.75) is 5.54 Å². The van der Waals surface area contributed by atoms with E-state index in [2.05, 4.69) is 17.1 Å². The number of hydrogen-bond acceptors (Lipinski definition) is 5. The molecule has 0 saturated carbocycles. The summed E-state index contributed by atoms with van der Waals surface area (Å²) in [6, 6.07) is 16.1. The van der Waals surface area contributed by atoms with E-state index in [0.29, 0.717) is 0 Å². The zero-order valence-corrected chi connectivity index (χ0v) is 15.1. The monoisotopic (exact) mass is 391 g/mol. The van der Waals surface area contributed by atoms with Crippen molar-refractivity contribution in [3.63, 3.8) is 0 Å². The average molecular weight is 391 g/mol. The molecule has 1 aromatic carbocycles. The van der Waals surface area contributed by atoms with Gasteiger partial charge in [0.2, 0.25) is 0 Å². The van der Waals surface area contributed by atoms with Crippen LogP contribution in [0, 0.1) is 0 Å². The average Bonchev–Trinajstić information content (AvgIpc) is 2.56. The van der Waals surface area contributed by atoms with E-state index in [0.717, 1.165) is 11.3 Å². The number of hydrogen-bond donors (Lipinski definition) is 4. The fourth-order valence-corrected chi connectivity index (χ4v) is 1.29. The maximum atomic E-state index is 8.34. The Balaban J connectivity index is 0.000000397. The van der Waals surface area contributed by atoms with Gasteiger partial charge in [0.15, 0.2) is 0 Å². The minimum absolute atomic E-state index is 0. The SMILES string of the molecule is NC(CO)(CO)CO.[In].c1ccc(-c2ccccn2)cc1. The molecule has 0 fully saturated rings. The Morgan fingerprint density at radius 3 is 1.76 bits per heavy atom. The van der Waals surface area contributed by atoms with Gasteiger partial charge in [-0.3, -0.25) is 4.98 Å². The van der Waals surface area contributed by atoms with Crippen LogP contribution in [-0.2, 0) is 0 Å². The molecular weight excluding hydrogens is 371 g/mol. The second kappa shape index (κ2) is 10.8. The molecule has 1 heterocycles. The normalized spacial score (nSPS) is 10.1. The van der Waals surface area contributed by atoms with Crippen LogP contribution in [0.15, 0.2) is 54.7 Å². The summed E-state index contributed by atoms with van der Waals surface area (Å²) < 4.78 is 0. The van der Waals surface area contributed by atoms with E-state index in [4.69, 9.17) is 21.1 Å². The Morgan fingerprint density at radius 1 is 0.857 bits per heavy atom. The third-order valence-corrected chi connectivity index (χ3v) is 2.68. The summed E-state index contributed by atoms with van der Waals surface area (Å²) in [4.78, 5) is 4.25. The van der Waals surface area contributed by atoms with Gasteiger partial charge in [0.25, 0.3) is 0 Å². The van der Waals surface area contributed by atoms with Crippen LogP contribution in [0.25, 0.3) is 11.3 Å². The summed E-state index contributed by atoms with van der Waals surface area (Å²) in [5.74, 6) is 0. The Labute approximate surface area is 143 Å². The number of aliphatic hydroxyl groups is 3. The van der Waals surface area contributed by atoms with Crippen LogP contribution in [0.4, 0.5) is 0 Å². The number of nitrogens with zero attached hydrogens (tertiary/aromatic N) is 1. The standard InChI is InChI=1S/C11H9N.C4H11NO3.In/c1-2-6-10(7-3-1)11-8-4-5-9-12-11;5-4(1-6,2-7)3-8;/h1-9H;6-8H,1-3,5H2;. The van der Waals surface area contributed by atoms with E-state index in [1.165, 1.54) is 0 Å². The second-order valence-electron chi connectivity index (χ2n) is 4.42. The molecule has 0 aliphatic carbocycles. The topological polar surface area (TPSA) is 99.6 Å². The van der Waals surface area contributed by atoms with Crippen LogP contribution in [-0.4, -0.2) is 71.5 Å². The zero-order chi connectivity index (χ0) is 14.8. The largest absolute Gasteiger partial charge is 0.394 e. The van der Waals surface area contributed by atoms with E-state index in [9.17, 15) is 0 Å². The van der Waals surface area contributed by atoms with Gasteiger partial charge in [-0.25, -0.2) is 0 Å². The first-order chi connectivity index (χ1) is 9.65. The van der Waals surface area contributed by atoms with Crippen LogP contribution in [0.2, 0.25) is 0 Å². The molecule has 21 heavy (non-hydrogen) atoms. The molecule has 0 atom stereocenters. The Bertz CT molecular complexity index is 433. The third kappa shape index (κ3) is 7.06. The van der Waals surface area contributed by atoms with Crippen molar-refractivity contribution in [2.75, 3.05) is 19.8 Å². The number of rotatable bonds is 4. The van der Waals surface area contributed by atoms with Crippen LogP contribution < -0.4 is 5.73 Å². The van der Waals surface area contributed by atoms with Crippen LogP contribution >= 0.6 is 0 Å². The smallest absolute Gasteiger partial charge is 0.0856 e. The first-order valence-corrected chi connectivity index (χ1v) is 6.23. The molecule has 0 spiro atoms. The quantitative estimate of drug-likeness (QED) is 0.590. The van der Waals surface area contributed by atoms with Crippen LogP contribution in [0.5, 0.6) is 0 Å². The van der Waals surface area contributed by atoms with E-state index in [1.54, 1.807) is 0 Å². The van der Waals surface area contributed by atoms with Gasteiger partial charge in [0, 0.05) is 37.6 Å². The number of pyridine rings is 1. The van der Waals surface area contributed by atoms with Gasteiger partial charge in [0.1, 0.15) is 0 Å². The fraction of sp³-hybridized carbons (Fsp3) is 0.267. The van der Waals surface area contributed by atoms with Gasteiger partial charge in [-0.15, -0.1) is 0 Å². The van der Waals surface area contributed by atoms with Crippen molar-refractivity contribution >= 4 is 25.8 Å². The molecule has 0 bridgehead atoms. The Kier molecular flexibility index (Phi) is 10.3. The molecular formula is C15H20InN2O3. The third-order valence-electron chi connectivity index (χ3n) is 2.68. The predicted octanol–water partition coefficient (Wildman–Crippen LogP) is 0.0286. The van der Waals surface area contributed by atoms with E-state index >= 15 is 0 Å². The molecule has 2 aromatic rings. The van der Waals surface area contributed by atoms with Gasteiger partial charge < -0.3 is 21.1 Å². The van der Waals surface area contributed by atoms with Crippen molar-refractivity contribution in [3.8, 4) is 11.3 Å². The van der Waals surface area contributed by atoms with E-state index < -0.39 is 25.4 Å². The van der Waals surface area contributed by atoms with Gasteiger partial charge in [-0.2, -0.15) is 0 Å². The van der Waals surface area contributed by atoms with Crippen molar-refractivity contribution in [1.29, 1.82) is 0 Å². The number of nitrogens with two attached hydrogens (primary N) is 1. The number of benzene rings is 1. The van der Waals surface area contributed by atoms with Gasteiger partial charge in [0.05, 0.1) is 31.1 Å². The van der Waals surface area contributed by atoms with E-state index in [1.807, 2.05) is 42.6 Å². The summed E-state index contributed by atoms with van der Waals surface area (Å²) in [6.45, 7) is -1.21. The molecule has 6 heteroatoms. The minimum Gasteiger partial charge on any atom is -0.394 e. The molecule has 5 nitrogen and oxygen atoms in total. The second-order valence-corrected chi connectivity index (χ2v) is 4.42. The molecule has 0 aliphatic rings. The molecule has 3 radical (unpaired) electrons. The number of aromatic nitrogens is 1. The summed E-state index contributed by atoms with van der Waals surface area (Å²) in [5.41, 5.74) is 6.13. The molecule has 0 amide bonds. The van der Waals surface area contributed by atoms with Crippen molar-refractivity contribution < 1.29 is 15.3 Å². The van der Waals surface area contributed by atoms with Gasteiger partial charge in [-0.05, 0) is 12.1 Å². The first-order valence-electron chi connectivity index (χ1n) is 6.23. The number of aliphatic hydroxyl groups excluding tert-OH is 3. The molecule has 0 saturated heterocycles. The fourth-order valence-electron chi connectivity index (χ4n) is 1.29. The first kappa shape index (κ1) is 20.1. The van der Waals surface area contributed by atoms with Crippen molar-refractivity contribution in [1.82, 2.24) is 4.98 Å². The maximum absolute atomic E-state index is 8.34. The van der Waals surface area contributed by atoms with Crippen LogP contribution in [0.1, 0.15) is 0 Å². The molecule has 0 aliphatic heterocycles. The molecule has 111 valence electrons. The molecule has 5 N–H and O–H groups in total. The minimum atomic E-state index is -1.21. The summed E-state index contributed by atoms with van der Waals surface area (Å²) >= 11 is 0. The summed E-state index contributed by atoms with van der Waals surface area (Å²) in [6.07, 6.45) is 1.81. The van der Waals surface area contributed by atoms with E-state index in [-0.39, 0.29) is 25.8 Å². The summed E-state index contributed by atoms with van der Waals surface area (Å²) in [7, 11) is 0. The molecule has 2 rings (SSSR count). The van der Waals surface area contributed by atoms with Crippen molar-refractivity contribution in [2.24, 2.45) is 5.73 Å². The molecule has 1 aromatic heterocycles. The van der Waals surface area contributed by atoms with Gasteiger partial charge >= 0.3 is 0 Å². The summed E-state index contributed by atoms with van der Waals surface area (Å²) in [5, 5.41) is 25.0. The van der Waals surface area contributed by atoms with Crippen molar-refractivity contribution in [3.05, 3.63) is 54.7 Å². The Hall–Kier alpha value is -0.920. The molecule has 0 unspecified atom stereocenters. The predicted molar refractivity (Wildman–Crippen MR) is 83.6 cm³/mol.